The Bertz CT molecular complexity index is 337. The predicted octanol–water partition coefficient (Wildman–Crippen LogP) is 1.36. The summed E-state index contributed by atoms with van der Waals surface area (Å²) in [7, 11) is 1.87. The molecule has 80 valence electrons. The van der Waals surface area contributed by atoms with Gasteiger partial charge in [-0.25, -0.2) is 0 Å². The van der Waals surface area contributed by atoms with Crippen LogP contribution in [-0.2, 0) is 4.79 Å². The zero-order chi connectivity index (χ0) is 10.7. The van der Waals surface area contributed by atoms with Crippen LogP contribution in [0.1, 0.15) is 6.42 Å². The lowest BCUT2D eigenvalue weighted by Crippen LogP contribution is -2.29. The number of nitrogens with zero attached hydrogens (tertiary/aromatic N) is 2. The van der Waals surface area contributed by atoms with E-state index >= 15 is 0 Å². The summed E-state index contributed by atoms with van der Waals surface area (Å²) in [6.45, 7) is 2.56. The summed E-state index contributed by atoms with van der Waals surface area (Å²) in [5.74, 6) is 0.244. The maximum atomic E-state index is 11.5. The van der Waals surface area contributed by atoms with E-state index in [9.17, 15) is 4.79 Å². The molecule has 0 radical (unpaired) electrons. The second-order valence-corrected chi connectivity index (χ2v) is 3.89. The molecule has 2 rings (SSSR count). The van der Waals surface area contributed by atoms with Crippen molar-refractivity contribution in [3.05, 3.63) is 30.3 Å². The van der Waals surface area contributed by atoms with E-state index in [1.165, 1.54) is 5.69 Å². The minimum absolute atomic E-state index is 0.244. The summed E-state index contributed by atoms with van der Waals surface area (Å²) in [4.78, 5) is 15.6. The molecular formula is C12H16N2O. The first-order chi connectivity index (χ1) is 7.27. The van der Waals surface area contributed by atoms with Gasteiger partial charge in [0.25, 0.3) is 0 Å². The van der Waals surface area contributed by atoms with Crippen LogP contribution < -0.4 is 4.90 Å². The van der Waals surface area contributed by atoms with E-state index in [0.29, 0.717) is 6.42 Å². The first-order valence-electron chi connectivity index (χ1n) is 5.31. The van der Waals surface area contributed by atoms with E-state index in [-0.39, 0.29) is 5.91 Å². The van der Waals surface area contributed by atoms with Crippen molar-refractivity contribution in [2.75, 3.05) is 31.6 Å². The Morgan fingerprint density at radius 1 is 1.07 bits per heavy atom. The van der Waals surface area contributed by atoms with Gasteiger partial charge in [-0.3, -0.25) is 4.79 Å². The van der Waals surface area contributed by atoms with Crippen molar-refractivity contribution < 1.29 is 4.79 Å². The highest BCUT2D eigenvalue weighted by atomic mass is 16.2. The molecule has 0 N–H and O–H groups in total. The van der Waals surface area contributed by atoms with Gasteiger partial charge in [0.2, 0.25) is 5.91 Å². The Balaban J connectivity index is 2.09. The molecule has 0 unspecified atom stereocenters. The van der Waals surface area contributed by atoms with Crippen LogP contribution in [0.4, 0.5) is 5.69 Å². The second-order valence-electron chi connectivity index (χ2n) is 3.89. The number of carbonyl (C=O) groups excluding carboxylic acids is 1. The summed E-state index contributed by atoms with van der Waals surface area (Å²) in [5.41, 5.74) is 1.21. The van der Waals surface area contributed by atoms with Gasteiger partial charge in [-0.15, -0.1) is 0 Å². The number of hydrogen-bond donors (Lipinski definition) is 0. The summed E-state index contributed by atoms with van der Waals surface area (Å²) in [6, 6.07) is 10.3. The smallest absolute Gasteiger partial charge is 0.224 e. The minimum Gasteiger partial charge on any atom is -0.369 e. The molecule has 1 aliphatic rings. The molecule has 1 heterocycles. The highest BCUT2D eigenvalue weighted by Crippen LogP contribution is 2.15. The predicted molar refractivity (Wildman–Crippen MR) is 60.9 cm³/mol. The minimum atomic E-state index is 0.244. The quantitative estimate of drug-likeness (QED) is 0.689. The zero-order valence-corrected chi connectivity index (χ0v) is 9.02. The molecule has 1 aliphatic heterocycles. The topological polar surface area (TPSA) is 23.6 Å². The van der Waals surface area contributed by atoms with Crippen molar-refractivity contribution in [2.45, 2.75) is 6.42 Å². The van der Waals surface area contributed by atoms with Gasteiger partial charge in [-0.1, -0.05) is 18.2 Å². The molecule has 1 aromatic rings. The number of rotatable bonds is 1. The summed E-state index contributed by atoms with van der Waals surface area (Å²) in [5, 5.41) is 0. The molecule has 3 heteroatoms. The number of anilines is 1. The maximum absolute atomic E-state index is 11.5. The lowest BCUT2D eigenvalue weighted by atomic mass is 10.2. The maximum Gasteiger partial charge on any atom is 0.224 e. The molecule has 15 heavy (non-hydrogen) atoms. The van der Waals surface area contributed by atoms with E-state index < -0.39 is 0 Å². The average Bonchev–Trinajstić information content (AvgIpc) is 2.44. The Hall–Kier alpha value is -1.51. The van der Waals surface area contributed by atoms with Crippen molar-refractivity contribution in [2.24, 2.45) is 0 Å². The monoisotopic (exact) mass is 204 g/mol. The van der Waals surface area contributed by atoms with Crippen LogP contribution in [0.3, 0.4) is 0 Å². The van der Waals surface area contributed by atoms with Crippen LogP contribution in [0.5, 0.6) is 0 Å². The zero-order valence-electron chi connectivity index (χ0n) is 9.02. The van der Waals surface area contributed by atoms with Crippen LogP contribution in [0, 0.1) is 0 Å². The van der Waals surface area contributed by atoms with E-state index in [1.807, 2.05) is 30.1 Å². The van der Waals surface area contributed by atoms with Crippen LogP contribution in [-0.4, -0.2) is 37.5 Å². The first kappa shape index (κ1) is 10.0. The molecule has 0 spiro atoms. The third-order valence-electron chi connectivity index (χ3n) is 2.85. The van der Waals surface area contributed by atoms with E-state index in [4.69, 9.17) is 0 Å². The highest BCUT2D eigenvalue weighted by Gasteiger charge is 2.17. The molecule has 1 fully saturated rings. The Morgan fingerprint density at radius 2 is 1.80 bits per heavy atom. The molecule has 1 amide bonds. The van der Waals surface area contributed by atoms with Crippen LogP contribution >= 0.6 is 0 Å². The van der Waals surface area contributed by atoms with Crippen molar-refractivity contribution in [1.82, 2.24) is 4.90 Å². The molecule has 1 aromatic carbocycles. The van der Waals surface area contributed by atoms with Crippen molar-refractivity contribution in [3.8, 4) is 0 Å². The number of para-hydroxylation sites is 1. The molecule has 0 bridgehead atoms. The van der Waals surface area contributed by atoms with Crippen LogP contribution in [0.15, 0.2) is 30.3 Å². The third kappa shape index (κ3) is 2.29. The van der Waals surface area contributed by atoms with E-state index in [2.05, 4.69) is 17.0 Å². The van der Waals surface area contributed by atoms with Gasteiger partial charge < -0.3 is 9.80 Å². The van der Waals surface area contributed by atoms with Crippen molar-refractivity contribution in [3.63, 3.8) is 0 Å². The number of carbonyl (C=O) groups is 1. The van der Waals surface area contributed by atoms with Gasteiger partial charge in [0.05, 0.1) is 0 Å². The third-order valence-corrected chi connectivity index (χ3v) is 2.85. The number of hydrogen-bond acceptors (Lipinski definition) is 2. The number of likely N-dealkylation sites (N-methyl/N-ethyl adjacent to an activating group) is 1. The summed E-state index contributed by atoms with van der Waals surface area (Å²) < 4.78 is 0. The van der Waals surface area contributed by atoms with Crippen LogP contribution in [0.25, 0.3) is 0 Å². The van der Waals surface area contributed by atoms with Gasteiger partial charge in [0, 0.05) is 38.8 Å². The lowest BCUT2D eigenvalue weighted by Gasteiger charge is -2.22. The van der Waals surface area contributed by atoms with Crippen LogP contribution in [0.2, 0.25) is 0 Å². The van der Waals surface area contributed by atoms with E-state index in [1.54, 1.807) is 0 Å². The molecular weight excluding hydrogens is 188 g/mol. The Morgan fingerprint density at radius 3 is 2.53 bits per heavy atom. The summed E-state index contributed by atoms with van der Waals surface area (Å²) >= 11 is 0. The standard InChI is InChI=1S/C12H16N2O/c1-13-9-10-14(8-7-12(13)15)11-5-3-2-4-6-11/h2-6H,7-10H2,1H3. The first-order valence-corrected chi connectivity index (χ1v) is 5.31. The molecule has 0 saturated carbocycles. The van der Waals surface area contributed by atoms with Gasteiger partial charge in [0.1, 0.15) is 0 Å². The molecule has 3 nitrogen and oxygen atoms in total. The molecule has 0 aliphatic carbocycles. The summed E-state index contributed by atoms with van der Waals surface area (Å²) in [6.07, 6.45) is 0.616. The molecule has 0 aromatic heterocycles. The molecule has 1 saturated heterocycles. The number of benzene rings is 1. The van der Waals surface area contributed by atoms with Gasteiger partial charge in [0.15, 0.2) is 0 Å². The molecule has 0 atom stereocenters. The largest absolute Gasteiger partial charge is 0.369 e. The van der Waals surface area contributed by atoms with Gasteiger partial charge in [-0.05, 0) is 12.1 Å². The normalized spacial score (nSPS) is 17.8. The number of amides is 1. The van der Waals surface area contributed by atoms with Crippen molar-refractivity contribution in [1.29, 1.82) is 0 Å². The fourth-order valence-corrected chi connectivity index (χ4v) is 1.83. The SMILES string of the molecule is CN1CCN(c2ccccc2)CCC1=O. The van der Waals surface area contributed by atoms with Crippen molar-refractivity contribution >= 4 is 11.6 Å². The lowest BCUT2D eigenvalue weighted by molar-refractivity contribution is -0.129. The fraction of sp³-hybridized carbons (Fsp3) is 0.417. The second kappa shape index (κ2) is 4.34. The Labute approximate surface area is 90.3 Å². The fourth-order valence-electron chi connectivity index (χ4n) is 1.83. The van der Waals surface area contributed by atoms with E-state index in [0.717, 1.165) is 19.6 Å². The van der Waals surface area contributed by atoms with Gasteiger partial charge in [-0.2, -0.15) is 0 Å². The average molecular weight is 204 g/mol. The van der Waals surface area contributed by atoms with Gasteiger partial charge >= 0.3 is 0 Å². The Kier molecular flexibility index (Phi) is 2.90. The highest BCUT2D eigenvalue weighted by molar-refractivity contribution is 5.77.